The molecule has 0 radical (unpaired) electrons. The molecule has 0 unspecified atom stereocenters. The summed E-state index contributed by atoms with van der Waals surface area (Å²) in [5.41, 5.74) is 0.561. The van der Waals surface area contributed by atoms with Gasteiger partial charge in [0.05, 0.1) is 0 Å². The maximum atomic E-state index is 12.9. The number of phenols is 1. The summed E-state index contributed by atoms with van der Waals surface area (Å²) in [7, 11) is 0. The van der Waals surface area contributed by atoms with Crippen molar-refractivity contribution in [3.8, 4) is 17.1 Å². The molecule has 126 valence electrons. The van der Waals surface area contributed by atoms with Crippen molar-refractivity contribution in [3.63, 3.8) is 0 Å². The number of carboxylic acid groups (broad SMARTS) is 1. The molecule has 0 bridgehead atoms. The zero-order valence-electron chi connectivity index (χ0n) is 12.7. The van der Waals surface area contributed by atoms with Crippen molar-refractivity contribution < 1.29 is 28.6 Å². The summed E-state index contributed by atoms with van der Waals surface area (Å²) < 4.78 is 18.4. The topological polar surface area (TPSA) is 99.8 Å². The zero-order chi connectivity index (χ0) is 18.0. The van der Waals surface area contributed by atoms with E-state index in [1.54, 1.807) is 6.07 Å². The predicted octanol–water partition coefficient (Wildman–Crippen LogP) is 3.74. The number of carbonyl (C=O) groups is 2. The Morgan fingerprint density at radius 1 is 1.00 bits per heavy atom. The molecular weight excluding hydrogens is 329 g/mol. The van der Waals surface area contributed by atoms with Gasteiger partial charge >= 0.3 is 5.97 Å². The van der Waals surface area contributed by atoms with Gasteiger partial charge in [0.2, 0.25) is 0 Å². The number of anilines is 1. The molecule has 25 heavy (non-hydrogen) atoms. The van der Waals surface area contributed by atoms with E-state index in [1.807, 2.05) is 0 Å². The highest BCUT2D eigenvalue weighted by atomic mass is 19.1. The average Bonchev–Trinajstić information content (AvgIpc) is 3.05. The number of hydrogen-bond donors (Lipinski definition) is 3. The molecule has 3 N–H and O–H groups in total. The van der Waals surface area contributed by atoms with E-state index in [1.165, 1.54) is 42.5 Å². The number of hydrogen-bond acceptors (Lipinski definition) is 4. The third-order valence-electron chi connectivity index (χ3n) is 3.44. The van der Waals surface area contributed by atoms with E-state index < -0.39 is 17.6 Å². The Kier molecular flexibility index (Phi) is 4.21. The fourth-order valence-electron chi connectivity index (χ4n) is 2.21. The second-order valence-electron chi connectivity index (χ2n) is 5.16. The number of rotatable bonds is 4. The maximum absolute atomic E-state index is 12.9. The minimum absolute atomic E-state index is 0.0149. The molecule has 0 saturated heterocycles. The van der Waals surface area contributed by atoms with Crippen LogP contribution < -0.4 is 5.32 Å². The van der Waals surface area contributed by atoms with Crippen molar-refractivity contribution >= 4 is 17.6 Å². The molecule has 3 aromatic rings. The van der Waals surface area contributed by atoms with E-state index in [0.717, 1.165) is 6.07 Å². The quantitative estimate of drug-likeness (QED) is 0.671. The monoisotopic (exact) mass is 341 g/mol. The molecule has 0 spiro atoms. The van der Waals surface area contributed by atoms with Crippen LogP contribution in [0.5, 0.6) is 5.75 Å². The van der Waals surface area contributed by atoms with Crippen LogP contribution in [-0.2, 0) is 0 Å². The minimum Gasteiger partial charge on any atom is -0.507 e. The molecule has 0 aliphatic carbocycles. The van der Waals surface area contributed by atoms with Gasteiger partial charge in [-0.1, -0.05) is 0 Å². The van der Waals surface area contributed by atoms with Crippen LogP contribution in [0.1, 0.15) is 20.9 Å². The fraction of sp³-hybridized carbons (Fsp3) is 0. The Labute approximate surface area is 141 Å². The SMILES string of the molecule is O=C(Nc1ccc(C(=O)O)c(O)c1)c1ccc(-c2ccc(F)cc2)o1. The number of nitrogens with one attached hydrogen (secondary N) is 1. The normalized spacial score (nSPS) is 10.4. The third-order valence-corrected chi connectivity index (χ3v) is 3.44. The number of aromatic hydroxyl groups is 1. The first-order chi connectivity index (χ1) is 11.9. The van der Waals surface area contributed by atoms with E-state index in [-0.39, 0.29) is 22.8 Å². The Morgan fingerprint density at radius 3 is 2.36 bits per heavy atom. The van der Waals surface area contributed by atoms with Crippen LogP contribution in [0.4, 0.5) is 10.1 Å². The molecule has 1 heterocycles. The van der Waals surface area contributed by atoms with E-state index in [2.05, 4.69) is 5.32 Å². The van der Waals surface area contributed by atoms with Crippen LogP contribution in [0.25, 0.3) is 11.3 Å². The molecule has 6 nitrogen and oxygen atoms in total. The van der Waals surface area contributed by atoms with E-state index in [0.29, 0.717) is 11.3 Å². The molecule has 3 rings (SSSR count). The second-order valence-corrected chi connectivity index (χ2v) is 5.16. The minimum atomic E-state index is -1.27. The Hall–Kier alpha value is -3.61. The summed E-state index contributed by atoms with van der Waals surface area (Å²) in [4.78, 5) is 23.0. The van der Waals surface area contributed by atoms with Gasteiger partial charge in [-0.25, -0.2) is 9.18 Å². The van der Waals surface area contributed by atoms with Gasteiger partial charge in [0.1, 0.15) is 22.9 Å². The molecule has 1 aromatic heterocycles. The van der Waals surface area contributed by atoms with Gasteiger partial charge in [0.15, 0.2) is 5.76 Å². The molecule has 0 fully saturated rings. The van der Waals surface area contributed by atoms with Gasteiger partial charge in [0.25, 0.3) is 5.91 Å². The van der Waals surface area contributed by atoms with E-state index in [4.69, 9.17) is 9.52 Å². The molecule has 0 aliphatic heterocycles. The second kappa shape index (κ2) is 6.48. The van der Waals surface area contributed by atoms with Gasteiger partial charge in [-0.05, 0) is 48.5 Å². The fourth-order valence-corrected chi connectivity index (χ4v) is 2.21. The largest absolute Gasteiger partial charge is 0.507 e. The number of carbonyl (C=O) groups excluding carboxylic acids is 1. The van der Waals surface area contributed by atoms with E-state index >= 15 is 0 Å². The first-order valence-electron chi connectivity index (χ1n) is 7.17. The zero-order valence-corrected chi connectivity index (χ0v) is 12.7. The van der Waals surface area contributed by atoms with Crippen LogP contribution in [0.2, 0.25) is 0 Å². The van der Waals surface area contributed by atoms with Crippen molar-refractivity contribution in [1.29, 1.82) is 0 Å². The van der Waals surface area contributed by atoms with Crippen LogP contribution in [0.3, 0.4) is 0 Å². The van der Waals surface area contributed by atoms with Gasteiger partial charge in [-0.3, -0.25) is 4.79 Å². The van der Waals surface area contributed by atoms with Gasteiger partial charge in [-0.15, -0.1) is 0 Å². The number of furan rings is 1. The van der Waals surface area contributed by atoms with Crippen LogP contribution in [-0.4, -0.2) is 22.1 Å². The summed E-state index contributed by atoms with van der Waals surface area (Å²) in [5.74, 6) is -2.27. The number of carboxylic acids is 1. The molecule has 1 amide bonds. The van der Waals surface area contributed by atoms with Crippen LogP contribution >= 0.6 is 0 Å². The summed E-state index contributed by atoms with van der Waals surface area (Å²) in [6.07, 6.45) is 0. The summed E-state index contributed by atoms with van der Waals surface area (Å²) in [6.45, 7) is 0. The van der Waals surface area contributed by atoms with E-state index in [9.17, 15) is 19.1 Å². The van der Waals surface area contributed by atoms with Crippen molar-refractivity contribution in [2.75, 3.05) is 5.32 Å². The lowest BCUT2D eigenvalue weighted by molar-refractivity contribution is 0.0693. The Bertz CT molecular complexity index is 946. The number of aromatic carboxylic acids is 1. The number of benzene rings is 2. The highest BCUT2D eigenvalue weighted by Crippen LogP contribution is 2.25. The molecule has 2 aromatic carbocycles. The average molecular weight is 341 g/mol. The molecular formula is C18H12FNO5. The highest BCUT2D eigenvalue weighted by molar-refractivity contribution is 6.03. The summed E-state index contributed by atoms with van der Waals surface area (Å²) in [5, 5.41) is 21.0. The molecule has 0 aliphatic rings. The van der Waals surface area contributed by atoms with Gasteiger partial charge < -0.3 is 19.9 Å². The van der Waals surface area contributed by atoms with Crippen molar-refractivity contribution in [3.05, 3.63) is 71.7 Å². The number of halogens is 1. The Morgan fingerprint density at radius 2 is 1.72 bits per heavy atom. The van der Waals surface area contributed by atoms with Crippen LogP contribution in [0, 0.1) is 5.82 Å². The lowest BCUT2D eigenvalue weighted by Crippen LogP contribution is -2.11. The van der Waals surface area contributed by atoms with Gasteiger partial charge in [0, 0.05) is 17.3 Å². The maximum Gasteiger partial charge on any atom is 0.339 e. The summed E-state index contributed by atoms with van der Waals surface area (Å²) >= 11 is 0. The summed E-state index contributed by atoms with van der Waals surface area (Å²) in [6, 6.07) is 12.3. The van der Waals surface area contributed by atoms with Gasteiger partial charge in [-0.2, -0.15) is 0 Å². The standard InChI is InChI=1S/C18H12FNO5/c19-11-3-1-10(2-4-11)15-7-8-16(25-15)17(22)20-12-5-6-13(18(23)24)14(21)9-12/h1-9,21H,(H,20,22)(H,23,24). The van der Waals surface area contributed by atoms with Crippen molar-refractivity contribution in [2.24, 2.45) is 0 Å². The van der Waals surface area contributed by atoms with Crippen molar-refractivity contribution in [2.45, 2.75) is 0 Å². The number of amides is 1. The lowest BCUT2D eigenvalue weighted by Gasteiger charge is -2.05. The Balaban J connectivity index is 1.77. The molecule has 7 heteroatoms. The first kappa shape index (κ1) is 16.3. The first-order valence-corrected chi connectivity index (χ1v) is 7.17. The van der Waals surface area contributed by atoms with Crippen molar-refractivity contribution in [1.82, 2.24) is 0 Å². The third kappa shape index (κ3) is 3.50. The smallest absolute Gasteiger partial charge is 0.339 e. The molecule has 0 atom stereocenters. The molecule has 0 saturated carbocycles. The highest BCUT2D eigenvalue weighted by Gasteiger charge is 2.15. The van der Waals surface area contributed by atoms with Crippen LogP contribution in [0.15, 0.2) is 59.0 Å². The lowest BCUT2D eigenvalue weighted by atomic mass is 10.2. The predicted molar refractivity (Wildman–Crippen MR) is 87.1 cm³/mol.